The maximum atomic E-state index is 13.1. The van der Waals surface area contributed by atoms with E-state index in [1.807, 2.05) is 72.8 Å². The molecule has 1 aliphatic heterocycles. The van der Waals surface area contributed by atoms with Crippen LogP contribution in [-0.2, 0) is 11.2 Å². The van der Waals surface area contributed by atoms with Gasteiger partial charge in [-0.05, 0) is 29.7 Å². The molecule has 154 valence electrons. The van der Waals surface area contributed by atoms with E-state index in [1.54, 1.807) is 18.4 Å². The summed E-state index contributed by atoms with van der Waals surface area (Å²) in [4.78, 5) is 18.8. The Labute approximate surface area is 185 Å². The number of nitrogens with zero attached hydrogens (tertiary/aromatic N) is 1. The summed E-state index contributed by atoms with van der Waals surface area (Å²) in [5.74, 6) is 0.530. The number of hydrogen-bond acceptors (Lipinski definition) is 5. The Kier molecular flexibility index (Phi) is 5.26. The summed E-state index contributed by atoms with van der Waals surface area (Å²) >= 11 is 1.60. The minimum absolute atomic E-state index is 0.127. The Morgan fingerprint density at radius 2 is 1.61 bits per heavy atom. The smallest absolute Gasteiger partial charge is 0.317 e. The van der Waals surface area contributed by atoms with Crippen LogP contribution in [0.4, 0.5) is 0 Å². The molecule has 2 heterocycles. The third-order valence-corrected chi connectivity index (χ3v) is 6.77. The van der Waals surface area contributed by atoms with Crippen LogP contribution in [0.3, 0.4) is 0 Å². The molecule has 0 bridgehead atoms. The van der Waals surface area contributed by atoms with Crippen LogP contribution in [0.1, 0.15) is 21.9 Å². The zero-order valence-corrected chi connectivity index (χ0v) is 17.8. The van der Waals surface area contributed by atoms with Gasteiger partial charge in [-0.2, -0.15) is 0 Å². The monoisotopic (exact) mass is 427 g/mol. The van der Waals surface area contributed by atoms with E-state index in [9.17, 15) is 4.79 Å². The van der Waals surface area contributed by atoms with E-state index in [2.05, 4.69) is 17.1 Å². The molecule has 31 heavy (non-hydrogen) atoms. The number of thiazole rings is 1. The fourth-order valence-electron chi connectivity index (χ4n) is 4.05. The molecule has 0 fully saturated rings. The van der Waals surface area contributed by atoms with Crippen LogP contribution < -0.4 is 9.47 Å². The van der Waals surface area contributed by atoms with Crippen LogP contribution >= 0.6 is 11.3 Å². The first-order chi connectivity index (χ1) is 15.2. The van der Waals surface area contributed by atoms with E-state index in [4.69, 9.17) is 9.47 Å². The van der Waals surface area contributed by atoms with E-state index >= 15 is 0 Å². The predicted octanol–water partition coefficient (Wildman–Crippen LogP) is 5.73. The van der Waals surface area contributed by atoms with Gasteiger partial charge in [-0.25, -0.2) is 4.98 Å². The number of fused-ring (bicyclic) bond motifs is 1. The van der Waals surface area contributed by atoms with Crippen molar-refractivity contribution in [1.82, 2.24) is 4.98 Å². The molecule has 1 aliphatic rings. The maximum Gasteiger partial charge on any atom is 0.317 e. The summed E-state index contributed by atoms with van der Waals surface area (Å²) in [7, 11) is 1.65. The van der Waals surface area contributed by atoms with Gasteiger partial charge in [0.2, 0.25) is 5.88 Å². The van der Waals surface area contributed by atoms with Crippen LogP contribution in [0.5, 0.6) is 11.6 Å². The molecule has 0 saturated carbocycles. The summed E-state index contributed by atoms with van der Waals surface area (Å²) in [6.07, 6.45) is 0.606. The van der Waals surface area contributed by atoms with E-state index in [-0.39, 0.29) is 17.8 Å². The van der Waals surface area contributed by atoms with Gasteiger partial charge in [0.1, 0.15) is 10.8 Å². The number of carbonyl (C=O) groups is 1. The van der Waals surface area contributed by atoms with Gasteiger partial charge in [-0.15, -0.1) is 11.3 Å². The maximum absolute atomic E-state index is 13.1. The molecule has 0 aliphatic carbocycles. The normalized spacial score (nSPS) is 17.6. The quantitative estimate of drug-likeness (QED) is 0.382. The van der Waals surface area contributed by atoms with Crippen LogP contribution in [0.25, 0.3) is 10.6 Å². The van der Waals surface area contributed by atoms with Crippen molar-refractivity contribution >= 4 is 17.3 Å². The highest BCUT2D eigenvalue weighted by Crippen LogP contribution is 2.48. The summed E-state index contributed by atoms with van der Waals surface area (Å²) in [6, 6.07) is 28.0. The Morgan fingerprint density at radius 1 is 0.935 bits per heavy atom. The highest BCUT2D eigenvalue weighted by molar-refractivity contribution is 7.15. The molecule has 5 heteroatoms. The first-order valence-corrected chi connectivity index (χ1v) is 11.0. The number of benzene rings is 3. The van der Waals surface area contributed by atoms with Gasteiger partial charge in [-0.3, -0.25) is 4.79 Å². The summed E-state index contributed by atoms with van der Waals surface area (Å²) in [5.41, 5.74) is 3.19. The van der Waals surface area contributed by atoms with E-state index in [0.717, 1.165) is 32.3 Å². The van der Waals surface area contributed by atoms with Crippen LogP contribution in [0.2, 0.25) is 0 Å². The fraction of sp³-hybridized carbons (Fsp3) is 0.154. The Morgan fingerprint density at radius 3 is 2.29 bits per heavy atom. The third kappa shape index (κ3) is 3.84. The SMILES string of the molecule is COc1ccc([C@H]2c3sc(-c4ccccc4)nc3OC(=O)[C@H]2Cc2ccccc2)cc1. The fourth-order valence-corrected chi connectivity index (χ4v) is 5.24. The molecular formula is C26H21NO3S. The van der Waals surface area contributed by atoms with Crippen LogP contribution in [0.15, 0.2) is 84.9 Å². The average molecular weight is 428 g/mol. The minimum Gasteiger partial charge on any atom is -0.497 e. The lowest BCUT2D eigenvalue weighted by atomic mass is 9.80. The number of carbonyl (C=O) groups excluding carboxylic acids is 1. The van der Waals surface area contributed by atoms with Crippen molar-refractivity contribution in [3.05, 3.63) is 101 Å². The number of rotatable bonds is 5. The highest BCUT2D eigenvalue weighted by atomic mass is 32.1. The third-order valence-electron chi connectivity index (χ3n) is 5.60. The van der Waals surface area contributed by atoms with Gasteiger partial charge < -0.3 is 9.47 Å². The van der Waals surface area contributed by atoms with Crippen molar-refractivity contribution in [3.63, 3.8) is 0 Å². The number of aromatic nitrogens is 1. The molecule has 5 rings (SSSR count). The molecule has 0 unspecified atom stereocenters. The molecule has 0 spiro atoms. The molecule has 3 aromatic carbocycles. The Balaban J connectivity index is 1.60. The van der Waals surface area contributed by atoms with E-state index in [1.165, 1.54) is 0 Å². The van der Waals surface area contributed by atoms with E-state index in [0.29, 0.717) is 12.3 Å². The zero-order chi connectivity index (χ0) is 21.2. The first kappa shape index (κ1) is 19.5. The molecule has 4 aromatic rings. The molecule has 2 atom stereocenters. The summed E-state index contributed by atoms with van der Waals surface area (Å²) < 4.78 is 11.1. The van der Waals surface area contributed by atoms with Crippen molar-refractivity contribution < 1.29 is 14.3 Å². The second-order valence-electron chi connectivity index (χ2n) is 7.52. The zero-order valence-electron chi connectivity index (χ0n) is 17.0. The number of esters is 1. The van der Waals surface area contributed by atoms with Crippen molar-refractivity contribution in [1.29, 1.82) is 0 Å². The number of ether oxygens (including phenoxy) is 2. The van der Waals surface area contributed by atoms with E-state index < -0.39 is 0 Å². The van der Waals surface area contributed by atoms with Crippen LogP contribution in [0, 0.1) is 5.92 Å². The topological polar surface area (TPSA) is 48.4 Å². The lowest BCUT2D eigenvalue weighted by Gasteiger charge is -2.29. The lowest BCUT2D eigenvalue weighted by molar-refractivity contribution is -0.140. The average Bonchev–Trinajstić information content (AvgIpc) is 3.24. The van der Waals surface area contributed by atoms with Gasteiger partial charge in [-0.1, -0.05) is 72.8 Å². The Bertz CT molecular complexity index is 1190. The molecule has 0 saturated heterocycles. The molecule has 4 nitrogen and oxygen atoms in total. The van der Waals surface area contributed by atoms with Crippen molar-refractivity contribution in [2.24, 2.45) is 5.92 Å². The predicted molar refractivity (Wildman–Crippen MR) is 122 cm³/mol. The van der Waals surface area contributed by atoms with Crippen molar-refractivity contribution in [2.75, 3.05) is 7.11 Å². The molecule has 0 N–H and O–H groups in total. The molecule has 0 amide bonds. The number of methoxy groups -OCH3 is 1. The standard InChI is InChI=1S/C26H21NO3S/c1-29-20-14-12-18(13-15-20)22-21(16-17-8-4-2-5-9-17)26(28)30-24-23(22)31-25(27-24)19-10-6-3-7-11-19/h2-15,21-22H,16H2,1H3/t21-,22+/m0/s1. The highest BCUT2D eigenvalue weighted by Gasteiger charge is 2.41. The van der Waals surface area contributed by atoms with Gasteiger partial charge in [0.25, 0.3) is 0 Å². The van der Waals surface area contributed by atoms with Crippen molar-refractivity contribution in [2.45, 2.75) is 12.3 Å². The van der Waals surface area contributed by atoms with Gasteiger partial charge in [0.05, 0.1) is 17.9 Å². The molecular weight excluding hydrogens is 406 g/mol. The molecule has 0 radical (unpaired) electrons. The first-order valence-electron chi connectivity index (χ1n) is 10.2. The Hall–Kier alpha value is -3.44. The minimum atomic E-state index is -0.327. The van der Waals surface area contributed by atoms with Gasteiger partial charge in [0, 0.05) is 11.5 Å². The number of hydrogen-bond donors (Lipinski definition) is 0. The van der Waals surface area contributed by atoms with Crippen LogP contribution in [-0.4, -0.2) is 18.1 Å². The second-order valence-corrected chi connectivity index (χ2v) is 8.55. The second kappa shape index (κ2) is 8.36. The van der Waals surface area contributed by atoms with Gasteiger partial charge >= 0.3 is 5.97 Å². The molecule has 1 aromatic heterocycles. The summed E-state index contributed by atoms with van der Waals surface area (Å²) in [6.45, 7) is 0. The van der Waals surface area contributed by atoms with Crippen molar-refractivity contribution in [3.8, 4) is 22.2 Å². The largest absolute Gasteiger partial charge is 0.497 e. The van der Waals surface area contributed by atoms with Gasteiger partial charge in [0.15, 0.2) is 0 Å². The summed E-state index contributed by atoms with van der Waals surface area (Å²) in [5, 5.41) is 0.859. The lowest BCUT2D eigenvalue weighted by Crippen LogP contribution is -2.33.